The summed E-state index contributed by atoms with van der Waals surface area (Å²) in [5.41, 5.74) is 1.11. The summed E-state index contributed by atoms with van der Waals surface area (Å²) in [6.45, 7) is 12.8. The monoisotopic (exact) mass is 292 g/mol. The first-order valence-electron chi connectivity index (χ1n) is 7.15. The van der Waals surface area contributed by atoms with E-state index in [-0.39, 0.29) is 11.6 Å². The van der Waals surface area contributed by atoms with Gasteiger partial charge < -0.3 is 19.5 Å². The van der Waals surface area contributed by atoms with Gasteiger partial charge in [0.1, 0.15) is 11.5 Å². The summed E-state index contributed by atoms with van der Waals surface area (Å²) in [6, 6.07) is 2.49. The van der Waals surface area contributed by atoms with E-state index in [4.69, 9.17) is 8.83 Å². The highest BCUT2D eigenvalue weighted by Gasteiger charge is 2.16. The number of nitrogens with zero attached hydrogens (tertiary/aromatic N) is 2. The molecule has 0 saturated heterocycles. The highest BCUT2D eigenvalue weighted by atomic mass is 16.4. The maximum absolute atomic E-state index is 5.59. The van der Waals surface area contributed by atoms with E-state index in [1.807, 2.05) is 26.8 Å². The molecule has 0 radical (unpaired) electrons. The minimum atomic E-state index is 0.0147. The number of anilines is 1. The lowest BCUT2D eigenvalue weighted by molar-refractivity contribution is 0.383. The third kappa shape index (κ3) is 4.32. The van der Waals surface area contributed by atoms with Gasteiger partial charge in [-0.3, -0.25) is 0 Å². The third-order valence-electron chi connectivity index (χ3n) is 3.12. The molecule has 2 rings (SSSR count). The Bertz CT molecular complexity index is 595. The van der Waals surface area contributed by atoms with Gasteiger partial charge in [-0.15, -0.1) is 5.10 Å². The van der Waals surface area contributed by atoms with Crippen LogP contribution in [-0.4, -0.2) is 15.7 Å². The standard InChI is InChI=1S/C15H24N4O2/c1-9-7-12(11(3)20-9)10(2)17-14-19-18-13(21-14)8-16-15(4,5)6/h7,10,16H,8H2,1-6H3,(H,17,19). The van der Waals surface area contributed by atoms with Crippen molar-refractivity contribution in [3.05, 3.63) is 29.0 Å². The quantitative estimate of drug-likeness (QED) is 0.880. The molecule has 0 saturated carbocycles. The predicted molar refractivity (Wildman–Crippen MR) is 81.1 cm³/mol. The number of hydrogen-bond acceptors (Lipinski definition) is 6. The van der Waals surface area contributed by atoms with Crippen LogP contribution < -0.4 is 10.6 Å². The first kappa shape index (κ1) is 15.6. The number of rotatable bonds is 5. The second kappa shape index (κ2) is 5.89. The Morgan fingerprint density at radius 2 is 1.90 bits per heavy atom. The van der Waals surface area contributed by atoms with Gasteiger partial charge >= 0.3 is 6.01 Å². The molecule has 0 fully saturated rings. The molecule has 0 aromatic carbocycles. The number of aryl methyl sites for hydroxylation is 2. The first-order chi connectivity index (χ1) is 9.74. The molecular weight excluding hydrogens is 268 g/mol. The molecule has 2 heterocycles. The Morgan fingerprint density at radius 1 is 1.19 bits per heavy atom. The van der Waals surface area contributed by atoms with Crippen LogP contribution in [0.25, 0.3) is 0 Å². The zero-order valence-electron chi connectivity index (χ0n) is 13.6. The summed E-state index contributed by atoms with van der Waals surface area (Å²) in [4.78, 5) is 0. The lowest BCUT2D eigenvalue weighted by Gasteiger charge is -2.18. The van der Waals surface area contributed by atoms with Crippen LogP contribution >= 0.6 is 0 Å². The number of aromatic nitrogens is 2. The van der Waals surface area contributed by atoms with Crippen LogP contribution in [0.5, 0.6) is 0 Å². The molecule has 6 heteroatoms. The summed E-state index contributed by atoms with van der Waals surface area (Å²) < 4.78 is 11.1. The van der Waals surface area contributed by atoms with Gasteiger partial charge in [0.05, 0.1) is 12.6 Å². The molecule has 0 spiro atoms. The fourth-order valence-electron chi connectivity index (χ4n) is 2.07. The molecule has 0 aliphatic carbocycles. The van der Waals surface area contributed by atoms with Crippen LogP contribution in [0.15, 0.2) is 14.9 Å². The molecule has 1 unspecified atom stereocenters. The van der Waals surface area contributed by atoms with Crippen LogP contribution in [0, 0.1) is 13.8 Å². The van der Waals surface area contributed by atoms with Gasteiger partial charge in [0.2, 0.25) is 5.89 Å². The Hall–Kier alpha value is -1.82. The van der Waals surface area contributed by atoms with Crippen molar-refractivity contribution in [2.45, 2.75) is 59.7 Å². The van der Waals surface area contributed by atoms with Gasteiger partial charge in [0, 0.05) is 11.1 Å². The molecule has 0 bridgehead atoms. The van der Waals surface area contributed by atoms with Gasteiger partial charge in [-0.1, -0.05) is 5.10 Å². The molecule has 116 valence electrons. The Labute approximate surface area is 125 Å². The highest BCUT2D eigenvalue weighted by Crippen LogP contribution is 2.24. The highest BCUT2D eigenvalue weighted by molar-refractivity contribution is 5.31. The molecule has 2 N–H and O–H groups in total. The van der Waals surface area contributed by atoms with E-state index in [0.717, 1.165) is 17.1 Å². The Kier molecular flexibility index (Phi) is 4.37. The zero-order valence-corrected chi connectivity index (χ0v) is 13.6. The minimum Gasteiger partial charge on any atom is -0.466 e. The molecule has 2 aromatic heterocycles. The Morgan fingerprint density at radius 3 is 2.48 bits per heavy atom. The fourth-order valence-corrected chi connectivity index (χ4v) is 2.07. The number of furan rings is 1. The average Bonchev–Trinajstić information content (AvgIpc) is 2.92. The topological polar surface area (TPSA) is 76.1 Å². The second-order valence-corrected chi connectivity index (χ2v) is 6.34. The van der Waals surface area contributed by atoms with Gasteiger partial charge in [0.25, 0.3) is 0 Å². The SMILES string of the molecule is Cc1cc(C(C)Nc2nnc(CNC(C)(C)C)o2)c(C)o1. The van der Waals surface area contributed by atoms with Gasteiger partial charge in [-0.05, 0) is 47.6 Å². The van der Waals surface area contributed by atoms with E-state index in [9.17, 15) is 0 Å². The van der Waals surface area contributed by atoms with Crippen LogP contribution in [0.4, 0.5) is 6.01 Å². The summed E-state index contributed by atoms with van der Waals surface area (Å²) in [6.07, 6.45) is 0. The molecular formula is C15H24N4O2. The maximum Gasteiger partial charge on any atom is 0.315 e. The third-order valence-corrected chi connectivity index (χ3v) is 3.12. The van der Waals surface area contributed by atoms with E-state index < -0.39 is 0 Å². The van der Waals surface area contributed by atoms with Crippen LogP contribution in [0.2, 0.25) is 0 Å². The van der Waals surface area contributed by atoms with E-state index >= 15 is 0 Å². The van der Waals surface area contributed by atoms with Crippen LogP contribution in [-0.2, 0) is 6.54 Å². The van der Waals surface area contributed by atoms with Gasteiger partial charge in [-0.2, -0.15) is 0 Å². The summed E-state index contributed by atoms with van der Waals surface area (Å²) in [5.74, 6) is 2.37. The fraction of sp³-hybridized carbons (Fsp3) is 0.600. The lowest BCUT2D eigenvalue weighted by atomic mass is 10.1. The molecule has 0 aliphatic rings. The molecule has 0 amide bonds. The molecule has 0 aliphatic heterocycles. The largest absolute Gasteiger partial charge is 0.466 e. The Balaban J connectivity index is 1.97. The van der Waals surface area contributed by atoms with Crippen molar-refractivity contribution in [2.75, 3.05) is 5.32 Å². The summed E-state index contributed by atoms with van der Waals surface area (Å²) in [5, 5.41) is 14.6. The zero-order chi connectivity index (χ0) is 15.6. The van der Waals surface area contributed by atoms with Crippen molar-refractivity contribution < 1.29 is 8.83 Å². The minimum absolute atomic E-state index is 0.0147. The van der Waals surface area contributed by atoms with E-state index in [1.54, 1.807) is 0 Å². The first-order valence-corrected chi connectivity index (χ1v) is 7.15. The van der Waals surface area contributed by atoms with Crippen molar-refractivity contribution in [1.29, 1.82) is 0 Å². The molecule has 6 nitrogen and oxygen atoms in total. The van der Waals surface area contributed by atoms with Crippen molar-refractivity contribution in [2.24, 2.45) is 0 Å². The maximum atomic E-state index is 5.59. The lowest BCUT2D eigenvalue weighted by Crippen LogP contribution is -2.35. The van der Waals surface area contributed by atoms with Crippen molar-refractivity contribution >= 4 is 6.01 Å². The second-order valence-electron chi connectivity index (χ2n) is 6.34. The van der Waals surface area contributed by atoms with E-state index in [0.29, 0.717) is 18.5 Å². The molecule has 2 aromatic rings. The predicted octanol–water partition coefficient (Wildman–Crippen LogP) is 3.34. The normalized spacial score (nSPS) is 13.4. The molecule has 1 atom stereocenters. The van der Waals surface area contributed by atoms with Gasteiger partial charge in [-0.25, -0.2) is 0 Å². The van der Waals surface area contributed by atoms with Gasteiger partial charge in [0.15, 0.2) is 0 Å². The summed E-state index contributed by atoms with van der Waals surface area (Å²) in [7, 11) is 0. The van der Waals surface area contributed by atoms with Crippen LogP contribution in [0.1, 0.15) is 56.7 Å². The van der Waals surface area contributed by atoms with E-state index in [2.05, 4.69) is 41.6 Å². The summed E-state index contributed by atoms with van der Waals surface area (Å²) >= 11 is 0. The van der Waals surface area contributed by atoms with E-state index in [1.165, 1.54) is 0 Å². The van der Waals surface area contributed by atoms with Crippen molar-refractivity contribution in [1.82, 2.24) is 15.5 Å². The average molecular weight is 292 g/mol. The van der Waals surface area contributed by atoms with Crippen LogP contribution in [0.3, 0.4) is 0 Å². The van der Waals surface area contributed by atoms with Crippen molar-refractivity contribution in [3.63, 3.8) is 0 Å². The number of hydrogen-bond donors (Lipinski definition) is 2. The number of nitrogens with one attached hydrogen (secondary N) is 2. The van der Waals surface area contributed by atoms with Crippen molar-refractivity contribution in [3.8, 4) is 0 Å². The smallest absolute Gasteiger partial charge is 0.315 e. The molecule has 21 heavy (non-hydrogen) atoms.